The molecule has 2 N–H and O–H groups in total. The molecule has 0 saturated carbocycles. The van der Waals surface area contributed by atoms with Crippen LogP contribution in [0.15, 0.2) is 46.9 Å². The Labute approximate surface area is 164 Å². The Morgan fingerprint density at radius 2 is 1.96 bits per heavy atom. The van der Waals surface area contributed by atoms with Crippen LogP contribution in [0, 0.1) is 0 Å². The number of nitrogens with one attached hydrogen (secondary N) is 2. The molecular formula is C18H19BrN6O2. The van der Waals surface area contributed by atoms with Gasteiger partial charge < -0.3 is 15.5 Å². The number of amides is 3. The summed E-state index contributed by atoms with van der Waals surface area (Å²) in [7, 11) is 3.40. The predicted molar refractivity (Wildman–Crippen MR) is 107 cm³/mol. The molecule has 0 aliphatic rings. The molecule has 3 amide bonds. The third-order valence-corrected chi connectivity index (χ3v) is 4.59. The third-order valence-electron chi connectivity index (χ3n) is 3.90. The molecule has 8 nitrogen and oxygen atoms in total. The lowest BCUT2D eigenvalue weighted by Gasteiger charge is -2.10. The van der Waals surface area contributed by atoms with Crippen LogP contribution in [0.4, 0.5) is 10.5 Å². The van der Waals surface area contributed by atoms with E-state index in [0.717, 1.165) is 9.99 Å². The Balaban J connectivity index is 1.60. The first-order valence-electron chi connectivity index (χ1n) is 8.30. The Hall–Kier alpha value is -2.94. The van der Waals surface area contributed by atoms with Crippen molar-refractivity contribution >= 4 is 44.6 Å². The fourth-order valence-corrected chi connectivity index (χ4v) is 2.92. The monoisotopic (exact) mass is 430 g/mol. The number of hydrogen-bond donors (Lipinski definition) is 2. The van der Waals surface area contributed by atoms with Gasteiger partial charge in [0.15, 0.2) is 0 Å². The first-order chi connectivity index (χ1) is 13.0. The Kier molecular flexibility index (Phi) is 5.70. The van der Waals surface area contributed by atoms with Crippen LogP contribution in [-0.2, 0) is 6.54 Å². The summed E-state index contributed by atoms with van der Waals surface area (Å²) in [6.07, 6.45) is 0. The van der Waals surface area contributed by atoms with E-state index in [4.69, 9.17) is 0 Å². The van der Waals surface area contributed by atoms with E-state index < -0.39 is 0 Å². The Morgan fingerprint density at radius 1 is 1.19 bits per heavy atom. The van der Waals surface area contributed by atoms with E-state index in [2.05, 4.69) is 36.9 Å². The summed E-state index contributed by atoms with van der Waals surface area (Å²) in [5.74, 6) is -0.0862. The van der Waals surface area contributed by atoms with Gasteiger partial charge in [-0.15, -0.1) is 5.10 Å². The van der Waals surface area contributed by atoms with Gasteiger partial charge in [-0.05, 0) is 46.3 Å². The standard InChI is InChI=1S/C18H19BrN6O2/c1-24(2)17(26)12-7-8-16-15(11-12)22-23-25(16)10-9-20-18(27)21-14-6-4-3-5-13(14)19/h3-8,11H,9-10H2,1-2H3,(H2,20,21,27). The molecule has 140 valence electrons. The van der Waals surface area contributed by atoms with Gasteiger partial charge in [0.2, 0.25) is 0 Å². The quantitative estimate of drug-likeness (QED) is 0.650. The van der Waals surface area contributed by atoms with Crippen molar-refractivity contribution in [3.05, 3.63) is 52.5 Å². The van der Waals surface area contributed by atoms with Crippen molar-refractivity contribution in [1.82, 2.24) is 25.2 Å². The van der Waals surface area contributed by atoms with Crippen LogP contribution < -0.4 is 10.6 Å². The summed E-state index contributed by atoms with van der Waals surface area (Å²) >= 11 is 3.38. The number of benzene rings is 2. The lowest BCUT2D eigenvalue weighted by molar-refractivity contribution is 0.0827. The topological polar surface area (TPSA) is 92.2 Å². The number of halogens is 1. The van der Waals surface area contributed by atoms with Crippen LogP contribution in [0.25, 0.3) is 11.0 Å². The van der Waals surface area contributed by atoms with Crippen molar-refractivity contribution in [2.75, 3.05) is 26.0 Å². The normalized spacial score (nSPS) is 10.6. The van der Waals surface area contributed by atoms with Crippen LogP contribution in [0.2, 0.25) is 0 Å². The Morgan fingerprint density at radius 3 is 2.70 bits per heavy atom. The smallest absolute Gasteiger partial charge is 0.319 e. The van der Waals surface area contributed by atoms with E-state index in [1.807, 2.05) is 24.3 Å². The summed E-state index contributed by atoms with van der Waals surface area (Å²) in [6.45, 7) is 0.841. The van der Waals surface area contributed by atoms with Gasteiger partial charge in [-0.25, -0.2) is 9.48 Å². The van der Waals surface area contributed by atoms with E-state index in [1.165, 1.54) is 4.90 Å². The molecule has 2 aromatic carbocycles. The fourth-order valence-electron chi connectivity index (χ4n) is 2.53. The highest BCUT2D eigenvalue weighted by Crippen LogP contribution is 2.20. The number of urea groups is 1. The molecule has 1 heterocycles. The molecular weight excluding hydrogens is 412 g/mol. The van der Waals surface area contributed by atoms with Gasteiger partial charge in [0, 0.05) is 30.7 Å². The van der Waals surface area contributed by atoms with Crippen molar-refractivity contribution in [1.29, 1.82) is 0 Å². The van der Waals surface area contributed by atoms with Crippen LogP contribution in [0.3, 0.4) is 0 Å². The third kappa shape index (κ3) is 4.43. The Bertz CT molecular complexity index is 985. The van der Waals surface area contributed by atoms with Crippen LogP contribution >= 0.6 is 15.9 Å². The zero-order valence-electron chi connectivity index (χ0n) is 14.9. The molecule has 0 spiro atoms. The van der Waals surface area contributed by atoms with Crippen LogP contribution in [0.1, 0.15) is 10.4 Å². The maximum atomic E-state index is 12.0. The molecule has 0 aliphatic heterocycles. The van der Waals surface area contributed by atoms with E-state index in [9.17, 15) is 9.59 Å². The number of anilines is 1. The van der Waals surface area contributed by atoms with E-state index in [-0.39, 0.29) is 11.9 Å². The summed E-state index contributed by atoms with van der Waals surface area (Å²) < 4.78 is 2.50. The molecule has 0 saturated heterocycles. The zero-order valence-corrected chi connectivity index (χ0v) is 16.5. The van der Waals surface area contributed by atoms with Crippen molar-refractivity contribution in [2.24, 2.45) is 0 Å². The number of fused-ring (bicyclic) bond motifs is 1. The molecule has 1 aromatic heterocycles. The minimum Gasteiger partial charge on any atom is -0.345 e. The van der Waals surface area contributed by atoms with Gasteiger partial charge in [-0.2, -0.15) is 0 Å². The van der Waals surface area contributed by atoms with E-state index in [1.54, 1.807) is 37.0 Å². The lowest BCUT2D eigenvalue weighted by Crippen LogP contribution is -2.31. The summed E-state index contributed by atoms with van der Waals surface area (Å²) in [6, 6.07) is 12.4. The predicted octanol–water partition coefficient (Wildman–Crippen LogP) is 2.72. The minimum atomic E-state index is -0.301. The number of hydrogen-bond acceptors (Lipinski definition) is 4. The van der Waals surface area contributed by atoms with Crippen molar-refractivity contribution in [2.45, 2.75) is 6.54 Å². The van der Waals surface area contributed by atoms with Gasteiger partial charge in [0.05, 0.1) is 17.7 Å². The number of rotatable bonds is 5. The highest BCUT2D eigenvalue weighted by Gasteiger charge is 2.12. The molecule has 0 fully saturated rings. The summed E-state index contributed by atoms with van der Waals surface area (Å²) in [5, 5.41) is 13.8. The summed E-state index contributed by atoms with van der Waals surface area (Å²) in [5.41, 5.74) is 2.70. The summed E-state index contributed by atoms with van der Waals surface area (Å²) in [4.78, 5) is 25.6. The van der Waals surface area contributed by atoms with E-state index in [0.29, 0.717) is 29.9 Å². The van der Waals surface area contributed by atoms with Gasteiger partial charge >= 0.3 is 6.03 Å². The molecule has 27 heavy (non-hydrogen) atoms. The average molecular weight is 431 g/mol. The molecule has 0 aliphatic carbocycles. The molecule has 3 rings (SSSR count). The van der Waals surface area contributed by atoms with Gasteiger partial charge in [-0.1, -0.05) is 17.3 Å². The lowest BCUT2D eigenvalue weighted by atomic mass is 10.2. The molecule has 3 aromatic rings. The molecule has 0 atom stereocenters. The van der Waals surface area contributed by atoms with Crippen molar-refractivity contribution in [3.8, 4) is 0 Å². The van der Waals surface area contributed by atoms with Gasteiger partial charge in [-0.3, -0.25) is 4.79 Å². The number of carbonyl (C=O) groups is 2. The van der Waals surface area contributed by atoms with Crippen molar-refractivity contribution < 1.29 is 9.59 Å². The largest absolute Gasteiger partial charge is 0.345 e. The van der Waals surface area contributed by atoms with Gasteiger partial charge in [0.25, 0.3) is 5.91 Å². The average Bonchev–Trinajstić information content (AvgIpc) is 3.05. The minimum absolute atomic E-state index is 0.0862. The molecule has 0 radical (unpaired) electrons. The number of carbonyl (C=O) groups excluding carboxylic acids is 2. The van der Waals surface area contributed by atoms with Gasteiger partial charge in [0.1, 0.15) is 5.52 Å². The van der Waals surface area contributed by atoms with Crippen molar-refractivity contribution in [3.63, 3.8) is 0 Å². The second-order valence-electron chi connectivity index (χ2n) is 6.08. The number of nitrogens with zero attached hydrogens (tertiary/aromatic N) is 4. The SMILES string of the molecule is CN(C)C(=O)c1ccc2c(c1)nnn2CCNC(=O)Nc1ccccc1Br. The zero-order chi connectivity index (χ0) is 19.4. The van der Waals surface area contributed by atoms with Crippen LogP contribution in [0.5, 0.6) is 0 Å². The number of aromatic nitrogens is 3. The first kappa shape index (κ1) is 18.8. The fraction of sp³-hybridized carbons (Fsp3) is 0.222. The van der Waals surface area contributed by atoms with E-state index >= 15 is 0 Å². The van der Waals surface area contributed by atoms with Crippen LogP contribution in [-0.4, -0.2) is 52.5 Å². The molecule has 0 unspecified atom stereocenters. The first-order valence-corrected chi connectivity index (χ1v) is 9.09. The second-order valence-corrected chi connectivity index (χ2v) is 6.93. The highest BCUT2D eigenvalue weighted by molar-refractivity contribution is 9.10. The maximum Gasteiger partial charge on any atom is 0.319 e. The second kappa shape index (κ2) is 8.17. The molecule has 0 bridgehead atoms. The molecule has 9 heteroatoms. The highest BCUT2D eigenvalue weighted by atomic mass is 79.9. The number of para-hydroxylation sites is 1. The maximum absolute atomic E-state index is 12.0.